The van der Waals surface area contributed by atoms with Gasteiger partial charge in [-0.1, -0.05) is 23.2 Å². The van der Waals surface area contributed by atoms with E-state index in [0.29, 0.717) is 36.3 Å². The van der Waals surface area contributed by atoms with E-state index in [9.17, 15) is 8.78 Å². The van der Waals surface area contributed by atoms with E-state index >= 15 is 0 Å². The van der Waals surface area contributed by atoms with Crippen LogP contribution in [-0.4, -0.2) is 63.9 Å². The third kappa shape index (κ3) is 7.54. The molecule has 0 bridgehead atoms. The molecule has 2 rings (SSSR count). The van der Waals surface area contributed by atoms with Crippen LogP contribution < -0.4 is 15.4 Å². The van der Waals surface area contributed by atoms with Crippen LogP contribution in [0.1, 0.15) is 18.4 Å². The second-order valence-electron chi connectivity index (χ2n) is 6.76. The van der Waals surface area contributed by atoms with Gasteiger partial charge >= 0.3 is 6.61 Å². The Bertz CT molecular complexity index is 690. The standard InChI is InChI=1S/C18H26Cl2F2N4O2.HI/c1-23-17(25-11-18(26(2)3)4-6-27-7-5-18)24-10-12-8-13(19)9-14(20)15(12)28-16(21)22;/h8-9,16H,4-7,10-11H2,1-3H3,(H2,23,24,25);1H. The predicted molar refractivity (Wildman–Crippen MR) is 123 cm³/mol. The summed E-state index contributed by atoms with van der Waals surface area (Å²) in [6, 6.07) is 2.90. The fourth-order valence-corrected chi connectivity index (χ4v) is 3.73. The van der Waals surface area contributed by atoms with Crippen molar-refractivity contribution in [3.63, 3.8) is 0 Å². The van der Waals surface area contributed by atoms with Crippen molar-refractivity contribution >= 4 is 53.1 Å². The van der Waals surface area contributed by atoms with Gasteiger partial charge < -0.3 is 25.0 Å². The maximum absolute atomic E-state index is 12.7. The number of alkyl halides is 2. The molecule has 166 valence electrons. The minimum Gasteiger partial charge on any atom is -0.433 e. The molecule has 1 heterocycles. The minimum absolute atomic E-state index is 0. The molecule has 0 radical (unpaired) electrons. The van der Waals surface area contributed by atoms with E-state index in [4.69, 9.17) is 27.9 Å². The molecular weight excluding hydrogens is 540 g/mol. The summed E-state index contributed by atoms with van der Waals surface area (Å²) in [7, 11) is 5.74. The largest absolute Gasteiger partial charge is 0.433 e. The lowest BCUT2D eigenvalue weighted by molar-refractivity contribution is -0.0504. The van der Waals surface area contributed by atoms with Gasteiger partial charge in [0.15, 0.2) is 5.96 Å². The number of rotatable bonds is 7. The van der Waals surface area contributed by atoms with Crippen molar-refractivity contribution < 1.29 is 18.3 Å². The molecule has 0 unspecified atom stereocenters. The molecule has 0 aliphatic carbocycles. The molecule has 29 heavy (non-hydrogen) atoms. The molecule has 1 saturated heterocycles. The number of hydrogen-bond donors (Lipinski definition) is 2. The molecule has 0 spiro atoms. The molecule has 1 aliphatic rings. The van der Waals surface area contributed by atoms with Crippen molar-refractivity contribution in [3.8, 4) is 5.75 Å². The Hall–Kier alpha value is -0.620. The molecular formula is C18H27Cl2F2IN4O2. The zero-order valence-corrected chi connectivity index (χ0v) is 20.4. The Morgan fingerprint density at radius 2 is 1.93 bits per heavy atom. The molecule has 2 N–H and O–H groups in total. The zero-order valence-electron chi connectivity index (χ0n) is 16.6. The Morgan fingerprint density at radius 1 is 1.28 bits per heavy atom. The van der Waals surface area contributed by atoms with Crippen LogP contribution in [0.4, 0.5) is 8.78 Å². The van der Waals surface area contributed by atoms with E-state index in [0.717, 1.165) is 12.8 Å². The predicted octanol–water partition coefficient (Wildman–Crippen LogP) is 3.99. The van der Waals surface area contributed by atoms with E-state index in [2.05, 4.69) is 25.3 Å². The maximum Gasteiger partial charge on any atom is 0.387 e. The Kier molecular flexibility index (Phi) is 11.2. The number of ether oxygens (including phenoxy) is 2. The molecule has 0 saturated carbocycles. The fraction of sp³-hybridized carbons (Fsp3) is 0.611. The van der Waals surface area contributed by atoms with Gasteiger partial charge in [0.25, 0.3) is 0 Å². The second kappa shape index (κ2) is 12.3. The summed E-state index contributed by atoms with van der Waals surface area (Å²) in [5, 5.41) is 6.77. The minimum atomic E-state index is -2.98. The average molecular weight is 567 g/mol. The first-order valence-electron chi connectivity index (χ1n) is 8.90. The third-order valence-corrected chi connectivity index (χ3v) is 5.42. The van der Waals surface area contributed by atoms with E-state index in [1.165, 1.54) is 12.1 Å². The van der Waals surface area contributed by atoms with Crippen molar-refractivity contribution in [3.05, 3.63) is 27.7 Å². The van der Waals surface area contributed by atoms with Gasteiger partial charge in [-0.25, -0.2) is 0 Å². The van der Waals surface area contributed by atoms with Gasteiger partial charge in [-0.15, -0.1) is 24.0 Å². The van der Waals surface area contributed by atoms with E-state index in [1.54, 1.807) is 7.05 Å². The van der Waals surface area contributed by atoms with Gasteiger partial charge in [-0.3, -0.25) is 4.99 Å². The number of benzene rings is 1. The Labute approximate surface area is 197 Å². The summed E-state index contributed by atoms with van der Waals surface area (Å²) in [5.41, 5.74) is 0.369. The average Bonchev–Trinajstić information content (AvgIpc) is 2.64. The normalized spacial score (nSPS) is 16.5. The second-order valence-corrected chi connectivity index (χ2v) is 7.61. The van der Waals surface area contributed by atoms with Gasteiger partial charge in [0.05, 0.1) is 5.02 Å². The van der Waals surface area contributed by atoms with Crippen molar-refractivity contribution in [2.75, 3.05) is 40.9 Å². The third-order valence-electron chi connectivity index (χ3n) is 4.92. The number of likely N-dealkylation sites (N-methyl/N-ethyl adjacent to an activating group) is 1. The smallest absolute Gasteiger partial charge is 0.387 e. The lowest BCUT2D eigenvalue weighted by Gasteiger charge is -2.43. The fourth-order valence-electron chi connectivity index (χ4n) is 3.15. The molecule has 1 fully saturated rings. The van der Waals surface area contributed by atoms with Crippen LogP contribution in [0.25, 0.3) is 0 Å². The van der Waals surface area contributed by atoms with Crippen molar-refractivity contribution in [2.24, 2.45) is 4.99 Å². The van der Waals surface area contributed by atoms with Crippen LogP contribution in [0.2, 0.25) is 10.0 Å². The first kappa shape index (κ1) is 26.4. The van der Waals surface area contributed by atoms with Crippen molar-refractivity contribution in [2.45, 2.75) is 31.5 Å². The monoisotopic (exact) mass is 566 g/mol. The first-order valence-corrected chi connectivity index (χ1v) is 9.65. The number of hydrogen-bond acceptors (Lipinski definition) is 4. The quantitative estimate of drug-likeness (QED) is 0.297. The van der Waals surface area contributed by atoms with Crippen LogP contribution in [0.3, 0.4) is 0 Å². The van der Waals surface area contributed by atoms with Crippen LogP contribution in [0.15, 0.2) is 17.1 Å². The SMILES string of the molecule is CN=C(NCc1cc(Cl)cc(Cl)c1OC(F)F)NCC1(N(C)C)CCOCC1.I. The molecule has 0 aromatic heterocycles. The highest BCUT2D eigenvalue weighted by molar-refractivity contribution is 14.0. The van der Waals surface area contributed by atoms with Gasteiger partial charge in [0, 0.05) is 49.5 Å². The van der Waals surface area contributed by atoms with Crippen LogP contribution in [-0.2, 0) is 11.3 Å². The topological polar surface area (TPSA) is 58.1 Å². The van der Waals surface area contributed by atoms with Crippen LogP contribution in [0, 0.1) is 0 Å². The molecule has 0 amide bonds. The highest BCUT2D eigenvalue weighted by Gasteiger charge is 2.34. The van der Waals surface area contributed by atoms with Gasteiger partial charge in [-0.05, 0) is 39.1 Å². The van der Waals surface area contributed by atoms with Crippen molar-refractivity contribution in [1.82, 2.24) is 15.5 Å². The van der Waals surface area contributed by atoms with Crippen molar-refractivity contribution in [1.29, 1.82) is 0 Å². The number of guanidine groups is 1. The lowest BCUT2D eigenvalue weighted by atomic mass is 9.88. The Morgan fingerprint density at radius 3 is 2.48 bits per heavy atom. The summed E-state index contributed by atoms with van der Waals surface area (Å²) < 4.78 is 35.4. The molecule has 1 aromatic rings. The van der Waals surface area contributed by atoms with Gasteiger partial charge in [-0.2, -0.15) is 8.78 Å². The summed E-state index contributed by atoms with van der Waals surface area (Å²) in [6.45, 7) is -0.731. The number of halogens is 5. The zero-order chi connectivity index (χ0) is 20.7. The van der Waals surface area contributed by atoms with E-state index < -0.39 is 6.61 Å². The number of nitrogens with one attached hydrogen (secondary N) is 2. The molecule has 6 nitrogen and oxygen atoms in total. The summed E-state index contributed by atoms with van der Waals surface area (Å²) in [5.74, 6) is 0.435. The number of aliphatic imine (C=N–C) groups is 1. The lowest BCUT2D eigenvalue weighted by Crippen LogP contribution is -2.57. The summed E-state index contributed by atoms with van der Waals surface area (Å²) in [4.78, 5) is 6.40. The van der Waals surface area contributed by atoms with Gasteiger partial charge in [0.1, 0.15) is 5.75 Å². The van der Waals surface area contributed by atoms with Crippen LogP contribution >= 0.6 is 47.2 Å². The highest BCUT2D eigenvalue weighted by atomic mass is 127. The first-order chi connectivity index (χ1) is 13.3. The Balaban J connectivity index is 0.00000420. The molecule has 11 heteroatoms. The van der Waals surface area contributed by atoms with E-state index in [-0.39, 0.29) is 46.8 Å². The molecule has 1 aromatic carbocycles. The highest BCUT2D eigenvalue weighted by Crippen LogP contribution is 2.33. The van der Waals surface area contributed by atoms with E-state index in [1.807, 2.05) is 14.1 Å². The molecule has 0 atom stereocenters. The molecule has 1 aliphatic heterocycles. The maximum atomic E-state index is 12.7. The van der Waals surface area contributed by atoms with Gasteiger partial charge in [0.2, 0.25) is 0 Å². The number of nitrogens with zero attached hydrogens (tertiary/aromatic N) is 2. The summed E-state index contributed by atoms with van der Waals surface area (Å²) >= 11 is 12.0. The van der Waals surface area contributed by atoms with Crippen LogP contribution in [0.5, 0.6) is 5.75 Å². The summed E-state index contributed by atoms with van der Waals surface area (Å²) in [6.07, 6.45) is 1.81.